The van der Waals surface area contributed by atoms with E-state index in [4.69, 9.17) is 4.74 Å². The van der Waals surface area contributed by atoms with Crippen LogP contribution in [0.2, 0.25) is 0 Å². The zero-order valence-electron chi connectivity index (χ0n) is 12.7. The standard InChI is InChI=1S/C16H14BrNO5S/c1-23-11-2-5-15-10(8-11)6-7-18(15)24(21,22)12-3-4-14(17)13(9-12)16(19)20/h2-5,8-9H,6-7H2,1H3,(H,19,20). The van der Waals surface area contributed by atoms with Crippen LogP contribution in [0.3, 0.4) is 0 Å². The highest BCUT2D eigenvalue weighted by Crippen LogP contribution is 2.35. The highest BCUT2D eigenvalue weighted by atomic mass is 79.9. The number of anilines is 1. The number of ether oxygens (including phenoxy) is 1. The first-order valence-electron chi connectivity index (χ1n) is 7.07. The number of carbonyl (C=O) groups is 1. The minimum absolute atomic E-state index is 0.0493. The molecule has 8 heteroatoms. The van der Waals surface area contributed by atoms with Crippen LogP contribution in [0.1, 0.15) is 15.9 Å². The number of aromatic carboxylic acids is 1. The Bertz CT molecular complexity index is 926. The first-order chi connectivity index (χ1) is 11.3. The van der Waals surface area contributed by atoms with Crippen LogP contribution in [0.4, 0.5) is 5.69 Å². The average molecular weight is 412 g/mol. The van der Waals surface area contributed by atoms with Crippen molar-refractivity contribution in [1.82, 2.24) is 0 Å². The Balaban J connectivity index is 2.05. The predicted molar refractivity (Wildman–Crippen MR) is 92.3 cm³/mol. The molecule has 0 saturated carbocycles. The molecule has 1 N–H and O–H groups in total. The molecule has 2 aromatic rings. The van der Waals surface area contributed by atoms with Crippen LogP contribution >= 0.6 is 15.9 Å². The van der Waals surface area contributed by atoms with Gasteiger partial charge in [0.1, 0.15) is 5.75 Å². The highest BCUT2D eigenvalue weighted by Gasteiger charge is 2.31. The zero-order chi connectivity index (χ0) is 17.5. The van der Waals surface area contributed by atoms with Gasteiger partial charge in [-0.3, -0.25) is 4.31 Å². The van der Waals surface area contributed by atoms with Gasteiger partial charge in [0, 0.05) is 11.0 Å². The summed E-state index contributed by atoms with van der Waals surface area (Å²) in [6, 6.07) is 9.22. The summed E-state index contributed by atoms with van der Waals surface area (Å²) in [5.41, 5.74) is 1.38. The lowest BCUT2D eigenvalue weighted by Crippen LogP contribution is -2.29. The molecule has 0 bridgehead atoms. The summed E-state index contributed by atoms with van der Waals surface area (Å²) in [6.07, 6.45) is 0.577. The molecule has 2 aromatic carbocycles. The quantitative estimate of drug-likeness (QED) is 0.835. The van der Waals surface area contributed by atoms with Gasteiger partial charge < -0.3 is 9.84 Å². The molecule has 0 amide bonds. The van der Waals surface area contributed by atoms with E-state index < -0.39 is 16.0 Å². The summed E-state index contributed by atoms with van der Waals surface area (Å²) < 4.78 is 32.6. The lowest BCUT2D eigenvalue weighted by Gasteiger charge is -2.20. The number of carboxylic acids is 1. The number of hydrogen-bond acceptors (Lipinski definition) is 4. The number of halogens is 1. The number of nitrogens with zero attached hydrogens (tertiary/aromatic N) is 1. The van der Waals surface area contributed by atoms with Crippen molar-refractivity contribution < 1.29 is 23.1 Å². The molecule has 1 heterocycles. The van der Waals surface area contributed by atoms with Gasteiger partial charge in [-0.15, -0.1) is 0 Å². The number of fused-ring (bicyclic) bond motifs is 1. The Morgan fingerprint density at radius 3 is 2.67 bits per heavy atom. The van der Waals surface area contributed by atoms with Gasteiger partial charge in [-0.2, -0.15) is 0 Å². The minimum atomic E-state index is -3.84. The molecular formula is C16H14BrNO5S. The molecule has 1 aliphatic heterocycles. The van der Waals surface area contributed by atoms with E-state index in [0.29, 0.717) is 28.9 Å². The summed E-state index contributed by atoms with van der Waals surface area (Å²) in [6.45, 7) is 0.309. The second-order valence-electron chi connectivity index (χ2n) is 5.27. The van der Waals surface area contributed by atoms with Gasteiger partial charge in [-0.05, 0) is 64.3 Å². The van der Waals surface area contributed by atoms with Crippen LogP contribution in [0, 0.1) is 0 Å². The molecule has 0 spiro atoms. The third kappa shape index (κ3) is 2.76. The van der Waals surface area contributed by atoms with Crippen molar-refractivity contribution >= 4 is 37.6 Å². The fraction of sp³-hybridized carbons (Fsp3) is 0.188. The molecule has 126 valence electrons. The number of rotatable bonds is 4. The smallest absolute Gasteiger partial charge is 0.336 e. The normalized spacial score (nSPS) is 13.7. The summed E-state index contributed by atoms with van der Waals surface area (Å²) in [5.74, 6) is -0.518. The Morgan fingerprint density at radius 1 is 1.25 bits per heavy atom. The number of sulfonamides is 1. The highest BCUT2D eigenvalue weighted by molar-refractivity contribution is 9.10. The van der Waals surface area contributed by atoms with Gasteiger partial charge in [-0.1, -0.05) is 0 Å². The fourth-order valence-corrected chi connectivity index (χ4v) is 4.63. The van der Waals surface area contributed by atoms with Crippen molar-refractivity contribution in [1.29, 1.82) is 0 Å². The fourth-order valence-electron chi connectivity index (χ4n) is 2.68. The van der Waals surface area contributed by atoms with E-state index in [2.05, 4.69) is 15.9 Å². The lowest BCUT2D eigenvalue weighted by molar-refractivity contribution is 0.0695. The maximum Gasteiger partial charge on any atom is 0.336 e. The number of methoxy groups -OCH3 is 1. The van der Waals surface area contributed by atoms with Crippen LogP contribution in [-0.4, -0.2) is 33.1 Å². The molecule has 0 aliphatic carbocycles. The topological polar surface area (TPSA) is 83.9 Å². The average Bonchev–Trinajstić information content (AvgIpc) is 2.98. The SMILES string of the molecule is COc1ccc2c(c1)CCN2S(=O)(=O)c1ccc(Br)c(C(=O)O)c1. The lowest BCUT2D eigenvalue weighted by atomic mass is 10.1. The summed E-state index contributed by atoms with van der Waals surface area (Å²) in [4.78, 5) is 11.2. The van der Waals surface area contributed by atoms with Gasteiger partial charge in [0.05, 0.1) is 23.3 Å². The van der Waals surface area contributed by atoms with Crippen molar-refractivity contribution in [3.63, 3.8) is 0 Å². The van der Waals surface area contributed by atoms with Gasteiger partial charge >= 0.3 is 5.97 Å². The molecule has 6 nitrogen and oxygen atoms in total. The number of hydrogen-bond donors (Lipinski definition) is 1. The molecular weight excluding hydrogens is 398 g/mol. The van der Waals surface area contributed by atoms with E-state index in [-0.39, 0.29) is 10.5 Å². The molecule has 0 unspecified atom stereocenters. The van der Waals surface area contributed by atoms with Gasteiger partial charge in [0.15, 0.2) is 0 Å². The van der Waals surface area contributed by atoms with Crippen molar-refractivity contribution in [3.05, 3.63) is 52.0 Å². The van der Waals surface area contributed by atoms with E-state index in [1.54, 1.807) is 19.2 Å². The number of benzene rings is 2. The van der Waals surface area contributed by atoms with E-state index >= 15 is 0 Å². The zero-order valence-corrected chi connectivity index (χ0v) is 15.1. The Labute approximate surface area is 147 Å². The Morgan fingerprint density at radius 2 is 2.00 bits per heavy atom. The number of carboxylic acid groups (broad SMARTS) is 1. The Kier molecular flexibility index (Phi) is 4.27. The van der Waals surface area contributed by atoms with E-state index in [9.17, 15) is 18.3 Å². The van der Waals surface area contributed by atoms with Crippen LogP contribution < -0.4 is 9.04 Å². The van der Waals surface area contributed by atoms with Crippen LogP contribution in [0.5, 0.6) is 5.75 Å². The molecule has 1 aliphatic rings. The first kappa shape index (κ1) is 16.8. The van der Waals surface area contributed by atoms with Crippen molar-refractivity contribution in [2.24, 2.45) is 0 Å². The monoisotopic (exact) mass is 411 g/mol. The van der Waals surface area contributed by atoms with Crippen LogP contribution in [0.25, 0.3) is 0 Å². The maximum atomic E-state index is 12.9. The summed E-state index contributed by atoms with van der Waals surface area (Å²) >= 11 is 3.12. The largest absolute Gasteiger partial charge is 0.497 e. The van der Waals surface area contributed by atoms with Crippen molar-refractivity contribution in [2.75, 3.05) is 18.0 Å². The predicted octanol–water partition coefficient (Wildman–Crippen LogP) is 2.91. The van der Waals surface area contributed by atoms with Gasteiger partial charge in [0.2, 0.25) is 0 Å². The summed E-state index contributed by atoms with van der Waals surface area (Å²) in [5, 5.41) is 9.18. The van der Waals surface area contributed by atoms with Crippen LogP contribution in [0.15, 0.2) is 45.8 Å². The molecule has 0 atom stereocenters. The van der Waals surface area contributed by atoms with Crippen molar-refractivity contribution in [3.8, 4) is 5.75 Å². The second-order valence-corrected chi connectivity index (χ2v) is 7.99. The van der Waals surface area contributed by atoms with E-state index in [1.165, 1.54) is 22.5 Å². The van der Waals surface area contributed by atoms with E-state index in [0.717, 1.165) is 5.56 Å². The molecule has 0 aromatic heterocycles. The molecule has 0 fully saturated rings. The van der Waals surface area contributed by atoms with Gasteiger partial charge in [-0.25, -0.2) is 13.2 Å². The molecule has 0 saturated heterocycles. The van der Waals surface area contributed by atoms with Gasteiger partial charge in [0.25, 0.3) is 10.0 Å². The van der Waals surface area contributed by atoms with Crippen molar-refractivity contribution in [2.45, 2.75) is 11.3 Å². The third-order valence-corrected chi connectivity index (χ3v) is 6.40. The van der Waals surface area contributed by atoms with Crippen LogP contribution in [-0.2, 0) is 16.4 Å². The molecule has 24 heavy (non-hydrogen) atoms. The molecule has 3 rings (SSSR count). The maximum absolute atomic E-state index is 12.9. The summed E-state index contributed by atoms with van der Waals surface area (Å²) in [7, 11) is -2.28. The third-order valence-electron chi connectivity index (χ3n) is 3.90. The molecule has 0 radical (unpaired) electrons. The first-order valence-corrected chi connectivity index (χ1v) is 9.30. The minimum Gasteiger partial charge on any atom is -0.497 e. The Hall–Kier alpha value is -2.06. The van der Waals surface area contributed by atoms with E-state index in [1.807, 2.05) is 6.07 Å². The second kappa shape index (κ2) is 6.10.